The fourth-order valence-electron chi connectivity index (χ4n) is 2.40. The van der Waals surface area contributed by atoms with Crippen LogP contribution in [0.3, 0.4) is 0 Å². The summed E-state index contributed by atoms with van der Waals surface area (Å²) in [5.41, 5.74) is 1.69. The second-order valence-corrected chi connectivity index (χ2v) is 5.95. The Morgan fingerprint density at radius 1 is 1.09 bits per heavy atom. The molecule has 1 heterocycles. The van der Waals surface area contributed by atoms with Gasteiger partial charge in [-0.15, -0.1) is 12.4 Å². The number of amides is 1. The Kier molecular flexibility index (Phi) is 5.34. The molecular weight excluding hydrogens is 380 g/mol. The molecule has 0 spiro atoms. The van der Waals surface area contributed by atoms with Gasteiger partial charge in [0.05, 0.1) is 11.4 Å². The number of Topliss-reactive ketones (excluding diaryl/α,β-unsaturated/α-hetero) is 1. The third-order valence-electron chi connectivity index (χ3n) is 3.52. The Labute approximate surface area is 148 Å². The molecule has 6 heteroatoms. The Balaban J connectivity index is 0.00000192. The molecule has 2 aromatic rings. The van der Waals surface area contributed by atoms with Gasteiger partial charge in [-0.05, 0) is 31.2 Å². The highest BCUT2D eigenvalue weighted by molar-refractivity contribution is 9.10. The Morgan fingerprint density at radius 3 is 2.30 bits per heavy atom. The molecule has 0 aliphatic carbocycles. The standard InChI is InChI=1S/C17H13BrN2O2.ClH/c1-11-15(16(21)12-7-9-13(18)10-8-12)17(22)20(19-11)14-5-3-2-4-6-14;/h2-10,15H,1H3;1H. The van der Waals surface area contributed by atoms with Crippen molar-refractivity contribution in [2.75, 3.05) is 5.01 Å². The number of carbonyl (C=O) groups excluding carboxylic acids is 2. The van der Waals surface area contributed by atoms with Crippen LogP contribution in [0.25, 0.3) is 0 Å². The average Bonchev–Trinajstić information content (AvgIpc) is 2.83. The summed E-state index contributed by atoms with van der Waals surface area (Å²) in [5, 5.41) is 5.56. The van der Waals surface area contributed by atoms with Gasteiger partial charge < -0.3 is 0 Å². The lowest BCUT2D eigenvalue weighted by Crippen LogP contribution is -2.32. The van der Waals surface area contributed by atoms with Crippen LogP contribution < -0.4 is 5.01 Å². The van der Waals surface area contributed by atoms with Crippen LogP contribution in [-0.2, 0) is 4.79 Å². The highest BCUT2D eigenvalue weighted by Crippen LogP contribution is 2.26. The lowest BCUT2D eigenvalue weighted by Gasteiger charge is -2.13. The molecule has 2 aromatic carbocycles. The number of ketones is 1. The first kappa shape index (κ1) is 17.4. The molecule has 0 saturated carbocycles. The third-order valence-corrected chi connectivity index (χ3v) is 4.05. The van der Waals surface area contributed by atoms with Crippen molar-refractivity contribution in [3.05, 3.63) is 64.6 Å². The van der Waals surface area contributed by atoms with Crippen molar-refractivity contribution in [3.8, 4) is 0 Å². The minimum Gasteiger partial charge on any atom is -0.293 e. The van der Waals surface area contributed by atoms with Gasteiger partial charge in [0.2, 0.25) is 0 Å². The minimum absolute atomic E-state index is 0. The first-order valence-electron chi connectivity index (χ1n) is 6.82. The van der Waals surface area contributed by atoms with E-state index in [2.05, 4.69) is 21.0 Å². The summed E-state index contributed by atoms with van der Waals surface area (Å²) in [6.07, 6.45) is 0. The summed E-state index contributed by atoms with van der Waals surface area (Å²) in [7, 11) is 0. The number of hydrazone groups is 1. The maximum atomic E-state index is 12.6. The van der Waals surface area contributed by atoms with E-state index in [-0.39, 0.29) is 24.1 Å². The molecule has 4 nitrogen and oxygen atoms in total. The van der Waals surface area contributed by atoms with Gasteiger partial charge in [0.1, 0.15) is 5.92 Å². The fraction of sp³-hybridized carbons (Fsp3) is 0.118. The molecule has 1 atom stereocenters. The molecule has 0 saturated heterocycles. The maximum Gasteiger partial charge on any atom is 0.264 e. The fourth-order valence-corrected chi connectivity index (χ4v) is 2.67. The molecule has 3 rings (SSSR count). The summed E-state index contributed by atoms with van der Waals surface area (Å²) in [4.78, 5) is 25.2. The van der Waals surface area contributed by atoms with Crippen molar-refractivity contribution in [2.45, 2.75) is 6.92 Å². The van der Waals surface area contributed by atoms with Gasteiger partial charge >= 0.3 is 0 Å². The number of hydrogen-bond donors (Lipinski definition) is 0. The number of anilines is 1. The number of carbonyl (C=O) groups is 2. The van der Waals surface area contributed by atoms with Crippen LogP contribution in [0.15, 0.2) is 64.2 Å². The Bertz CT molecular complexity index is 760. The molecule has 0 radical (unpaired) electrons. The van der Waals surface area contributed by atoms with Gasteiger partial charge in [-0.3, -0.25) is 9.59 Å². The summed E-state index contributed by atoms with van der Waals surface area (Å²) >= 11 is 3.33. The van der Waals surface area contributed by atoms with E-state index < -0.39 is 5.92 Å². The zero-order chi connectivity index (χ0) is 15.7. The van der Waals surface area contributed by atoms with E-state index in [4.69, 9.17) is 0 Å². The number of rotatable bonds is 3. The van der Waals surface area contributed by atoms with E-state index >= 15 is 0 Å². The van der Waals surface area contributed by atoms with E-state index in [1.807, 2.05) is 18.2 Å². The number of nitrogens with zero attached hydrogens (tertiary/aromatic N) is 2. The summed E-state index contributed by atoms with van der Waals surface area (Å²) in [5.74, 6) is -1.38. The maximum absolute atomic E-state index is 12.6. The monoisotopic (exact) mass is 392 g/mol. The molecule has 1 unspecified atom stereocenters. The SMILES string of the molecule is CC1=NN(c2ccccc2)C(=O)C1C(=O)c1ccc(Br)cc1.Cl. The third kappa shape index (κ3) is 3.35. The molecule has 0 N–H and O–H groups in total. The van der Waals surface area contributed by atoms with Crippen molar-refractivity contribution < 1.29 is 9.59 Å². The van der Waals surface area contributed by atoms with E-state index in [1.165, 1.54) is 5.01 Å². The highest BCUT2D eigenvalue weighted by Gasteiger charge is 2.39. The number of halogens is 2. The second kappa shape index (κ2) is 7.06. The summed E-state index contributed by atoms with van der Waals surface area (Å²) < 4.78 is 0.887. The topological polar surface area (TPSA) is 49.7 Å². The molecule has 1 amide bonds. The zero-order valence-electron chi connectivity index (χ0n) is 12.3. The van der Waals surface area contributed by atoms with Crippen LogP contribution >= 0.6 is 28.3 Å². The van der Waals surface area contributed by atoms with Crippen LogP contribution in [0.2, 0.25) is 0 Å². The molecule has 118 valence electrons. The van der Waals surface area contributed by atoms with Gasteiger partial charge in [0.25, 0.3) is 5.91 Å². The first-order valence-corrected chi connectivity index (χ1v) is 7.61. The zero-order valence-corrected chi connectivity index (χ0v) is 14.7. The van der Waals surface area contributed by atoms with E-state index in [0.29, 0.717) is 17.0 Å². The van der Waals surface area contributed by atoms with Crippen LogP contribution in [0, 0.1) is 5.92 Å². The van der Waals surface area contributed by atoms with Crippen molar-refractivity contribution in [3.63, 3.8) is 0 Å². The Morgan fingerprint density at radius 2 is 1.70 bits per heavy atom. The van der Waals surface area contributed by atoms with Crippen molar-refractivity contribution in [2.24, 2.45) is 11.0 Å². The lowest BCUT2D eigenvalue weighted by molar-refractivity contribution is -0.118. The van der Waals surface area contributed by atoms with Crippen molar-refractivity contribution >= 4 is 51.4 Å². The van der Waals surface area contributed by atoms with Crippen molar-refractivity contribution in [1.82, 2.24) is 0 Å². The molecular formula is C17H14BrClN2O2. The van der Waals surface area contributed by atoms with E-state index in [9.17, 15) is 9.59 Å². The largest absolute Gasteiger partial charge is 0.293 e. The van der Waals surface area contributed by atoms with Gasteiger partial charge in [0.15, 0.2) is 5.78 Å². The minimum atomic E-state index is -0.846. The molecule has 1 aliphatic rings. The number of benzene rings is 2. The smallest absolute Gasteiger partial charge is 0.264 e. The van der Waals surface area contributed by atoms with Gasteiger partial charge in [-0.25, -0.2) is 0 Å². The molecule has 0 bridgehead atoms. The van der Waals surface area contributed by atoms with Gasteiger partial charge in [0, 0.05) is 10.0 Å². The van der Waals surface area contributed by atoms with Crippen LogP contribution in [0.4, 0.5) is 5.69 Å². The van der Waals surface area contributed by atoms with Gasteiger partial charge in [-0.1, -0.05) is 46.3 Å². The predicted octanol–water partition coefficient (Wildman–Crippen LogP) is 4.09. The van der Waals surface area contributed by atoms with Crippen LogP contribution in [0.5, 0.6) is 0 Å². The van der Waals surface area contributed by atoms with E-state index in [1.54, 1.807) is 43.3 Å². The number of hydrogen-bond acceptors (Lipinski definition) is 3. The summed E-state index contributed by atoms with van der Waals surface area (Å²) in [6.45, 7) is 1.71. The Hall–Kier alpha value is -1.98. The molecule has 23 heavy (non-hydrogen) atoms. The van der Waals surface area contributed by atoms with Gasteiger partial charge in [-0.2, -0.15) is 10.1 Å². The van der Waals surface area contributed by atoms with Crippen molar-refractivity contribution in [1.29, 1.82) is 0 Å². The molecule has 0 aromatic heterocycles. The summed E-state index contributed by atoms with van der Waals surface area (Å²) in [6, 6.07) is 16.1. The highest BCUT2D eigenvalue weighted by atomic mass is 79.9. The molecule has 0 fully saturated rings. The quantitative estimate of drug-likeness (QED) is 0.582. The predicted molar refractivity (Wildman–Crippen MR) is 96.2 cm³/mol. The van der Waals surface area contributed by atoms with Crippen LogP contribution in [0.1, 0.15) is 17.3 Å². The normalized spacial score (nSPS) is 16.8. The number of para-hydroxylation sites is 1. The van der Waals surface area contributed by atoms with E-state index in [0.717, 1.165) is 4.47 Å². The van der Waals surface area contributed by atoms with Crippen LogP contribution in [-0.4, -0.2) is 17.4 Å². The average molecular weight is 394 g/mol. The second-order valence-electron chi connectivity index (χ2n) is 5.03. The molecule has 1 aliphatic heterocycles. The first-order chi connectivity index (χ1) is 10.6. The lowest BCUT2D eigenvalue weighted by atomic mass is 9.94.